The van der Waals surface area contributed by atoms with Gasteiger partial charge >= 0.3 is 13.2 Å². The van der Waals surface area contributed by atoms with Gasteiger partial charge in [0.05, 0.1) is 27.5 Å². The number of nitrogens with one attached hydrogen (secondary N) is 1. The molecule has 4 aromatic heterocycles. The Balaban J connectivity index is 0.000000210. The van der Waals surface area contributed by atoms with E-state index in [0.717, 1.165) is 0 Å². The molecule has 2 aliphatic carbocycles. The predicted octanol–water partition coefficient (Wildman–Crippen LogP) is 9.81. The third kappa shape index (κ3) is 12.6. The molecule has 324 valence electrons. The van der Waals surface area contributed by atoms with E-state index in [1.807, 2.05) is 0 Å². The monoisotopic (exact) mass is 912 g/mol. The number of ether oxygens (including phenoxy) is 2. The number of rotatable bonds is 11. The second kappa shape index (κ2) is 21.6. The van der Waals surface area contributed by atoms with Crippen molar-refractivity contribution in [2.75, 3.05) is 16.4 Å². The molecule has 0 saturated heterocycles. The van der Waals surface area contributed by atoms with Crippen LogP contribution in [0.3, 0.4) is 0 Å². The molecular formula is C40H37Cl3F6N8O4. The molecule has 0 radical (unpaired) electrons. The first-order valence-corrected chi connectivity index (χ1v) is 19.0. The largest absolute Gasteiger partial charge is 0.417 e. The maximum absolute atomic E-state index is 14.1. The normalized spacial score (nSPS) is 13.8. The van der Waals surface area contributed by atoms with Crippen molar-refractivity contribution >= 4 is 57.6 Å². The van der Waals surface area contributed by atoms with Crippen LogP contribution in [-0.4, -0.2) is 59.2 Å². The maximum Gasteiger partial charge on any atom is 0.388 e. The van der Waals surface area contributed by atoms with Crippen molar-refractivity contribution in [2.45, 2.75) is 57.2 Å². The zero-order chi connectivity index (χ0) is 43.5. The van der Waals surface area contributed by atoms with Gasteiger partial charge in [-0.15, -0.1) is 23.2 Å². The molecule has 21 heteroatoms. The first-order chi connectivity index (χ1) is 28.7. The van der Waals surface area contributed by atoms with E-state index in [4.69, 9.17) is 40.5 Å². The van der Waals surface area contributed by atoms with Crippen molar-refractivity contribution in [2.24, 2.45) is 0 Å². The third-order valence-electron chi connectivity index (χ3n) is 8.92. The molecule has 0 atom stereocenters. The summed E-state index contributed by atoms with van der Waals surface area (Å²) in [6.45, 7) is -5.88. The van der Waals surface area contributed by atoms with Gasteiger partial charge < -0.3 is 20.5 Å². The van der Waals surface area contributed by atoms with Crippen molar-refractivity contribution in [3.63, 3.8) is 0 Å². The average Bonchev–Trinajstić information content (AvgIpc) is 4.11. The van der Waals surface area contributed by atoms with Gasteiger partial charge in [-0.1, -0.05) is 43.8 Å². The Labute approximate surface area is 360 Å². The lowest BCUT2D eigenvalue weighted by molar-refractivity contribution is -0.118. The molecule has 12 nitrogen and oxygen atoms in total. The van der Waals surface area contributed by atoms with Gasteiger partial charge in [-0.05, 0) is 61.5 Å². The van der Waals surface area contributed by atoms with E-state index >= 15 is 0 Å². The molecule has 61 heavy (non-hydrogen) atoms. The van der Waals surface area contributed by atoms with E-state index in [9.17, 15) is 35.9 Å². The van der Waals surface area contributed by atoms with Crippen LogP contribution in [0, 0.1) is 11.6 Å². The number of carbonyl (C=O) groups excluding carboxylic acids is 2. The number of pyridine rings is 2. The molecule has 3 N–H and O–H groups in total. The summed E-state index contributed by atoms with van der Waals surface area (Å²) in [7, 11) is 0. The summed E-state index contributed by atoms with van der Waals surface area (Å²) in [6.07, 6.45) is 8.26. The van der Waals surface area contributed by atoms with Gasteiger partial charge in [-0.25, -0.2) is 28.1 Å². The molecule has 0 spiro atoms. The number of benzene rings is 2. The number of carbonyl (C=O) groups is 2. The lowest BCUT2D eigenvalue weighted by atomic mass is 9.94. The topological polar surface area (TPSA) is 152 Å². The number of halogens is 9. The number of nitrogens with zero attached hydrogens (tertiary/aromatic N) is 6. The van der Waals surface area contributed by atoms with Gasteiger partial charge in [0.1, 0.15) is 17.5 Å². The minimum absolute atomic E-state index is 0. The Hall–Kier alpha value is -5.85. The highest BCUT2D eigenvalue weighted by Crippen LogP contribution is 2.51. The quantitative estimate of drug-likeness (QED) is 0.0735. The van der Waals surface area contributed by atoms with Gasteiger partial charge in [-0.2, -0.15) is 27.8 Å². The van der Waals surface area contributed by atoms with Crippen molar-refractivity contribution in [1.29, 1.82) is 0 Å². The van der Waals surface area contributed by atoms with Crippen LogP contribution in [0.4, 0.5) is 38.0 Å². The highest BCUT2D eigenvalue weighted by atomic mass is 35.5. The molecule has 0 unspecified atom stereocenters. The van der Waals surface area contributed by atoms with E-state index in [2.05, 4.69) is 35.0 Å². The summed E-state index contributed by atoms with van der Waals surface area (Å²) in [4.78, 5) is 31.1. The predicted molar refractivity (Wildman–Crippen MR) is 218 cm³/mol. The van der Waals surface area contributed by atoms with Gasteiger partial charge in [0.15, 0.2) is 5.82 Å². The molecular weight excluding hydrogens is 877 g/mol. The average molecular weight is 914 g/mol. The molecule has 4 heterocycles. The first kappa shape index (κ1) is 47.8. The van der Waals surface area contributed by atoms with E-state index in [0.29, 0.717) is 54.0 Å². The summed E-state index contributed by atoms with van der Waals surface area (Å²) >= 11 is 15.0. The summed E-state index contributed by atoms with van der Waals surface area (Å²) in [5, 5.41) is 10.6. The molecule has 1 amide bonds. The minimum Gasteiger partial charge on any atom is -0.417 e. The molecule has 0 aliphatic heterocycles. The third-order valence-corrected chi connectivity index (χ3v) is 9.28. The molecule has 2 aliphatic rings. The lowest BCUT2D eigenvalue weighted by Crippen LogP contribution is -2.29. The van der Waals surface area contributed by atoms with Crippen molar-refractivity contribution < 1.29 is 45.4 Å². The molecule has 6 aromatic rings. The van der Waals surface area contributed by atoms with Gasteiger partial charge in [0, 0.05) is 60.2 Å². The molecule has 2 saturated carbocycles. The van der Waals surface area contributed by atoms with E-state index in [1.165, 1.54) is 46.0 Å². The molecule has 8 rings (SSSR count). The zero-order valence-electron chi connectivity index (χ0n) is 30.9. The summed E-state index contributed by atoms with van der Waals surface area (Å²) in [5.74, 6) is -0.891. The maximum atomic E-state index is 14.1. The highest BCUT2D eigenvalue weighted by Gasteiger charge is 2.53. The van der Waals surface area contributed by atoms with Crippen LogP contribution in [0.1, 0.15) is 44.2 Å². The van der Waals surface area contributed by atoms with Crippen LogP contribution in [0.15, 0.2) is 110 Å². The Kier molecular flexibility index (Phi) is 16.9. The molecule has 2 fully saturated rings. The lowest BCUT2D eigenvalue weighted by Gasteiger charge is -2.15. The minimum atomic E-state index is -2.98. The van der Waals surface area contributed by atoms with E-state index < -0.39 is 35.1 Å². The highest BCUT2D eigenvalue weighted by molar-refractivity contribution is 6.66. The number of amides is 1. The van der Waals surface area contributed by atoms with Gasteiger partial charge in [0.2, 0.25) is 22.9 Å². The number of nitrogens with two attached hydrogens (primary N) is 1. The SMILES string of the molecule is C.ClCCl.Nc1ccn(-c2ccnc(OC(F)F)c2)n1.O=C(Cl)C1(c2ccccc2F)CC1.O=C(Nc1ccn(-c2ccnc(OC(F)F)c2)n1)C1(c2ccccc2F)CC1. The standard InChI is InChI=1S/C19H15F3N4O2.C10H8ClFO.C9H8F2N4O.CH2Cl2.CH4/c20-14-4-2-1-3-13(14)19(7-8-19)17(27)24-15-6-10-26(25-15)12-5-9-23-16(11-12)28-18(21)22;11-9(13)10(5-6-10)7-3-1-2-4-8(7)12;10-9(11)16-8-5-6(1-3-13-8)15-4-2-7(12)14-15;2-1-3;/h1-6,9-11,18H,7-8H2,(H,24,25,27);1-4H,5-6H2;1-5,9H,(H2,12,14);1H2;1H4. The van der Waals surface area contributed by atoms with Gasteiger partial charge in [0.25, 0.3) is 0 Å². The fraction of sp³-hybridized carbons (Fsp3) is 0.250. The summed E-state index contributed by atoms with van der Waals surface area (Å²) in [6, 6.07) is 21.5. The van der Waals surface area contributed by atoms with Crippen LogP contribution in [0.25, 0.3) is 11.4 Å². The molecule has 0 bridgehead atoms. The Morgan fingerprint density at radius 2 is 1.16 bits per heavy atom. The van der Waals surface area contributed by atoms with Crippen molar-refractivity contribution in [3.8, 4) is 23.1 Å². The van der Waals surface area contributed by atoms with E-state index in [1.54, 1.807) is 73.1 Å². The number of hydrogen-bond donors (Lipinski definition) is 2. The number of anilines is 2. The van der Waals surface area contributed by atoms with Crippen molar-refractivity contribution in [3.05, 3.63) is 132 Å². The Morgan fingerprint density at radius 3 is 1.57 bits per heavy atom. The van der Waals surface area contributed by atoms with Crippen LogP contribution >= 0.6 is 34.8 Å². The summed E-state index contributed by atoms with van der Waals surface area (Å²) < 4.78 is 87.2. The number of alkyl halides is 6. The fourth-order valence-electron chi connectivity index (χ4n) is 5.79. The number of hydrogen-bond acceptors (Lipinski definition) is 9. The second-order valence-corrected chi connectivity index (χ2v) is 13.9. The van der Waals surface area contributed by atoms with Gasteiger partial charge in [-0.3, -0.25) is 9.59 Å². The number of aromatic nitrogens is 6. The Bertz CT molecular complexity index is 2380. The van der Waals surface area contributed by atoms with Crippen LogP contribution < -0.4 is 20.5 Å². The molecule has 2 aromatic carbocycles. The Morgan fingerprint density at radius 1 is 0.721 bits per heavy atom. The van der Waals surface area contributed by atoms with Crippen LogP contribution in [-0.2, 0) is 20.4 Å². The first-order valence-electron chi connectivity index (χ1n) is 17.5. The second-order valence-electron chi connectivity index (χ2n) is 12.7. The summed E-state index contributed by atoms with van der Waals surface area (Å²) in [5.41, 5.74) is 5.62. The zero-order valence-corrected chi connectivity index (χ0v) is 33.1. The van der Waals surface area contributed by atoms with Crippen molar-refractivity contribution in [1.82, 2.24) is 29.5 Å². The van der Waals surface area contributed by atoms with Crippen LogP contribution in [0.2, 0.25) is 0 Å². The fourth-order valence-corrected chi connectivity index (χ4v) is 6.08. The smallest absolute Gasteiger partial charge is 0.388 e. The number of nitrogen functional groups attached to an aromatic ring is 1. The van der Waals surface area contributed by atoms with Crippen LogP contribution in [0.5, 0.6) is 11.8 Å². The van der Waals surface area contributed by atoms with E-state index in [-0.39, 0.29) is 42.1 Å².